The minimum absolute atomic E-state index is 0.0509. The molecule has 1 atom stereocenters. The maximum Gasteiger partial charge on any atom is 0.322 e. The number of hydrogen-bond acceptors (Lipinski definition) is 4. The van der Waals surface area contributed by atoms with E-state index in [2.05, 4.69) is 17.3 Å². The zero-order valence-corrected chi connectivity index (χ0v) is 14.9. The normalized spacial score (nSPS) is 16.8. The summed E-state index contributed by atoms with van der Waals surface area (Å²) in [4.78, 5) is 14.7. The number of ether oxygens (including phenoxy) is 2. The van der Waals surface area contributed by atoms with Gasteiger partial charge in [-0.05, 0) is 25.8 Å². The molecule has 7 nitrogen and oxygen atoms in total. The van der Waals surface area contributed by atoms with E-state index < -0.39 is 0 Å². The second-order valence-electron chi connectivity index (χ2n) is 5.95. The molecule has 0 radical (unpaired) electrons. The lowest BCUT2D eigenvalue weighted by Crippen LogP contribution is -2.35. The molecule has 0 saturated carbocycles. The van der Waals surface area contributed by atoms with E-state index in [1.54, 1.807) is 38.6 Å². The fourth-order valence-corrected chi connectivity index (χ4v) is 3.28. The number of methoxy groups -OCH3 is 2. The van der Waals surface area contributed by atoms with Gasteiger partial charge in [0, 0.05) is 43.2 Å². The molecule has 2 aromatic rings. The number of carbonyl (C=O) groups is 1. The molecule has 1 aliphatic rings. The van der Waals surface area contributed by atoms with Gasteiger partial charge >= 0.3 is 6.03 Å². The minimum Gasteiger partial charge on any atom is -0.497 e. The quantitative estimate of drug-likeness (QED) is 0.904. The molecule has 1 aromatic carbocycles. The van der Waals surface area contributed by atoms with E-state index in [0.29, 0.717) is 17.2 Å². The van der Waals surface area contributed by atoms with Crippen LogP contribution in [0.25, 0.3) is 0 Å². The number of aryl methyl sites for hydroxylation is 1. The van der Waals surface area contributed by atoms with Crippen LogP contribution in [0.5, 0.6) is 11.5 Å². The van der Waals surface area contributed by atoms with Crippen LogP contribution in [0.1, 0.15) is 31.5 Å². The van der Waals surface area contributed by atoms with Gasteiger partial charge in [0.1, 0.15) is 11.5 Å². The Hall–Kier alpha value is -2.70. The number of hydrogen-bond donors (Lipinski definition) is 1. The molecule has 1 fully saturated rings. The number of anilines is 1. The second-order valence-corrected chi connectivity index (χ2v) is 5.95. The predicted molar refractivity (Wildman–Crippen MR) is 95.1 cm³/mol. The number of nitrogens with zero attached hydrogens (tertiary/aromatic N) is 3. The van der Waals surface area contributed by atoms with Crippen molar-refractivity contribution in [3.05, 3.63) is 36.2 Å². The predicted octanol–water partition coefficient (Wildman–Crippen LogP) is 3.29. The Labute approximate surface area is 147 Å². The summed E-state index contributed by atoms with van der Waals surface area (Å²) in [5.74, 6) is 1.27. The van der Waals surface area contributed by atoms with E-state index in [4.69, 9.17) is 9.47 Å². The van der Waals surface area contributed by atoms with Crippen molar-refractivity contribution in [1.29, 1.82) is 0 Å². The van der Waals surface area contributed by atoms with Crippen molar-refractivity contribution < 1.29 is 14.3 Å². The van der Waals surface area contributed by atoms with Gasteiger partial charge in [-0.15, -0.1) is 0 Å². The fraction of sp³-hybridized carbons (Fsp3) is 0.444. The molecule has 1 aromatic heterocycles. The highest BCUT2D eigenvalue weighted by Crippen LogP contribution is 2.33. The van der Waals surface area contributed by atoms with Crippen LogP contribution in [0.15, 0.2) is 30.5 Å². The Balaban J connectivity index is 1.78. The molecule has 1 saturated heterocycles. The zero-order valence-electron chi connectivity index (χ0n) is 14.9. The van der Waals surface area contributed by atoms with Crippen LogP contribution in [0, 0.1) is 0 Å². The van der Waals surface area contributed by atoms with Crippen molar-refractivity contribution in [1.82, 2.24) is 14.7 Å². The van der Waals surface area contributed by atoms with Gasteiger partial charge in [0.15, 0.2) is 0 Å². The third kappa shape index (κ3) is 3.55. The van der Waals surface area contributed by atoms with E-state index in [-0.39, 0.29) is 12.1 Å². The van der Waals surface area contributed by atoms with Crippen LogP contribution >= 0.6 is 0 Å². The molecular formula is C18H24N4O3. The van der Waals surface area contributed by atoms with Gasteiger partial charge < -0.3 is 19.7 Å². The average Bonchev–Trinajstić information content (AvgIpc) is 3.29. The third-order valence-corrected chi connectivity index (χ3v) is 4.51. The van der Waals surface area contributed by atoms with Crippen molar-refractivity contribution in [2.75, 3.05) is 26.1 Å². The smallest absolute Gasteiger partial charge is 0.322 e. The first-order chi connectivity index (χ1) is 12.2. The van der Waals surface area contributed by atoms with Gasteiger partial charge in [-0.1, -0.05) is 0 Å². The maximum atomic E-state index is 12.8. The molecule has 0 unspecified atom stereocenters. The highest BCUT2D eigenvalue weighted by atomic mass is 16.5. The molecule has 134 valence electrons. The van der Waals surface area contributed by atoms with Crippen LogP contribution in [0.3, 0.4) is 0 Å². The SMILES string of the molecule is CCn1nccc1[C@@H]1CCCN1C(=O)Nc1cc(OC)cc(OC)c1. The first-order valence-corrected chi connectivity index (χ1v) is 8.48. The number of amides is 2. The Kier molecular flexibility index (Phi) is 5.11. The number of rotatable bonds is 5. The summed E-state index contributed by atoms with van der Waals surface area (Å²) in [6.45, 7) is 3.58. The first-order valence-electron chi connectivity index (χ1n) is 8.48. The first kappa shape index (κ1) is 17.1. The molecule has 3 rings (SSSR count). The van der Waals surface area contributed by atoms with E-state index in [1.807, 2.05) is 15.6 Å². The highest BCUT2D eigenvalue weighted by Gasteiger charge is 2.32. The van der Waals surface area contributed by atoms with Crippen LogP contribution in [-0.2, 0) is 6.54 Å². The van der Waals surface area contributed by atoms with Crippen molar-refractivity contribution >= 4 is 11.7 Å². The molecule has 1 aliphatic heterocycles. The Bertz CT molecular complexity index is 721. The van der Waals surface area contributed by atoms with Gasteiger partial charge in [-0.2, -0.15) is 5.10 Å². The van der Waals surface area contributed by atoms with Crippen LogP contribution < -0.4 is 14.8 Å². The van der Waals surface area contributed by atoms with Crippen molar-refractivity contribution in [3.8, 4) is 11.5 Å². The van der Waals surface area contributed by atoms with E-state index in [0.717, 1.165) is 31.6 Å². The van der Waals surface area contributed by atoms with Crippen molar-refractivity contribution in [2.45, 2.75) is 32.4 Å². The number of carbonyl (C=O) groups excluding carboxylic acids is 1. The average molecular weight is 344 g/mol. The standard InChI is InChI=1S/C18H24N4O3/c1-4-22-17(7-8-19-22)16-6-5-9-21(16)18(23)20-13-10-14(24-2)12-15(11-13)25-3/h7-8,10-12,16H,4-6,9H2,1-3H3,(H,20,23)/t16-/m0/s1. The van der Waals surface area contributed by atoms with Gasteiger partial charge in [0.25, 0.3) is 0 Å². The second kappa shape index (κ2) is 7.46. The summed E-state index contributed by atoms with van der Waals surface area (Å²) in [5.41, 5.74) is 1.73. The van der Waals surface area contributed by atoms with Crippen molar-refractivity contribution in [2.24, 2.45) is 0 Å². The molecule has 7 heteroatoms. The molecule has 2 amide bonds. The molecule has 2 heterocycles. The monoisotopic (exact) mass is 344 g/mol. The van der Waals surface area contributed by atoms with Gasteiger partial charge in [-0.25, -0.2) is 4.79 Å². The lowest BCUT2D eigenvalue weighted by molar-refractivity contribution is 0.204. The molecule has 0 spiro atoms. The third-order valence-electron chi connectivity index (χ3n) is 4.51. The highest BCUT2D eigenvalue weighted by molar-refractivity contribution is 5.90. The Morgan fingerprint density at radius 1 is 1.28 bits per heavy atom. The topological polar surface area (TPSA) is 68.6 Å². The Morgan fingerprint density at radius 2 is 2.00 bits per heavy atom. The van der Waals surface area contributed by atoms with Gasteiger partial charge in [0.2, 0.25) is 0 Å². The summed E-state index contributed by atoms with van der Waals surface area (Å²) in [6, 6.07) is 7.25. The number of urea groups is 1. The number of benzene rings is 1. The molecule has 0 bridgehead atoms. The minimum atomic E-state index is -0.123. The zero-order chi connectivity index (χ0) is 17.8. The number of aromatic nitrogens is 2. The summed E-state index contributed by atoms with van der Waals surface area (Å²) >= 11 is 0. The maximum absolute atomic E-state index is 12.8. The molecule has 25 heavy (non-hydrogen) atoms. The summed E-state index contributed by atoms with van der Waals surface area (Å²) in [7, 11) is 3.17. The van der Waals surface area contributed by atoms with Crippen LogP contribution in [0.4, 0.5) is 10.5 Å². The summed E-state index contributed by atoms with van der Waals surface area (Å²) in [6.07, 6.45) is 3.72. The van der Waals surface area contributed by atoms with Crippen LogP contribution in [-0.4, -0.2) is 41.5 Å². The van der Waals surface area contributed by atoms with E-state index in [1.165, 1.54) is 0 Å². The lowest BCUT2D eigenvalue weighted by Gasteiger charge is -2.25. The fourth-order valence-electron chi connectivity index (χ4n) is 3.28. The van der Waals surface area contributed by atoms with Gasteiger partial charge in [0.05, 0.1) is 26.0 Å². The van der Waals surface area contributed by atoms with Crippen LogP contribution in [0.2, 0.25) is 0 Å². The summed E-state index contributed by atoms with van der Waals surface area (Å²) in [5, 5.41) is 7.29. The lowest BCUT2D eigenvalue weighted by atomic mass is 10.1. The van der Waals surface area contributed by atoms with E-state index >= 15 is 0 Å². The van der Waals surface area contributed by atoms with E-state index in [9.17, 15) is 4.79 Å². The van der Waals surface area contributed by atoms with Gasteiger partial charge in [-0.3, -0.25) is 4.68 Å². The van der Waals surface area contributed by atoms with Crippen molar-refractivity contribution in [3.63, 3.8) is 0 Å². The molecule has 0 aliphatic carbocycles. The molecular weight excluding hydrogens is 320 g/mol. The molecule has 1 N–H and O–H groups in total. The number of likely N-dealkylation sites (tertiary alicyclic amines) is 1. The Morgan fingerprint density at radius 3 is 2.64 bits per heavy atom. The summed E-state index contributed by atoms with van der Waals surface area (Å²) < 4.78 is 12.5. The number of nitrogens with one attached hydrogen (secondary N) is 1. The largest absolute Gasteiger partial charge is 0.497 e.